The Morgan fingerprint density at radius 3 is 2.70 bits per heavy atom. The number of nitrogens with zero attached hydrogens (tertiary/aromatic N) is 3. The minimum atomic E-state index is -0.892. The van der Waals surface area contributed by atoms with Crippen molar-refractivity contribution in [1.82, 2.24) is 20.3 Å². The predicted molar refractivity (Wildman–Crippen MR) is 98.9 cm³/mol. The minimum absolute atomic E-state index is 0.0395. The summed E-state index contributed by atoms with van der Waals surface area (Å²) >= 11 is 5.98. The van der Waals surface area contributed by atoms with Gasteiger partial charge in [0.2, 0.25) is 5.95 Å². The Morgan fingerprint density at radius 2 is 2.11 bits per heavy atom. The molecule has 2 rings (SSSR count). The van der Waals surface area contributed by atoms with Crippen molar-refractivity contribution >= 4 is 29.1 Å². The zero-order valence-corrected chi connectivity index (χ0v) is 15.4. The first-order valence-corrected chi connectivity index (χ1v) is 8.07. The quantitative estimate of drug-likeness (QED) is 0.340. The van der Waals surface area contributed by atoms with Crippen molar-refractivity contribution in [2.45, 2.75) is 13.0 Å². The van der Waals surface area contributed by atoms with Crippen LogP contribution in [-0.4, -0.2) is 28.1 Å². The van der Waals surface area contributed by atoms with E-state index in [0.29, 0.717) is 5.56 Å². The lowest BCUT2D eigenvalue weighted by molar-refractivity contribution is 0.107. The number of carbonyl (C=O) groups excluding carboxylic acids is 1. The van der Waals surface area contributed by atoms with E-state index in [0.717, 1.165) is 5.01 Å². The van der Waals surface area contributed by atoms with Gasteiger partial charge in [0.1, 0.15) is 17.0 Å². The highest BCUT2D eigenvalue weighted by molar-refractivity contribution is 6.30. The molecule has 11 heteroatoms. The number of rotatable bonds is 5. The summed E-state index contributed by atoms with van der Waals surface area (Å²) in [5.41, 5.74) is 11.7. The average Bonchev–Trinajstić information content (AvgIpc) is 2.61. The van der Waals surface area contributed by atoms with Gasteiger partial charge >= 0.3 is 6.09 Å². The molecule has 0 aliphatic rings. The van der Waals surface area contributed by atoms with Gasteiger partial charge in [-0.25, -0.2) is 20.6 Å². The highest BCUT2D eigenvalue weighted by atomic mass is 35.5. The Kier molecular flexibility index (Phi) is 6.37. The van der Waals surface area contributed by atoms with Gasteiger partial charge < -0.3 is 16.2 Å². The summed E-state index contributed by atoms with van der Waals surface area (Å²) in [6.07, 6.45) is -0.0279. The molecular weight excluding hydrogens is 377 g/mol. The summed E-state index contributed by atoms with van der Waals surface area (Å²) in [4.78, 5) is 19.8. The summed E-state index contributed by atoms with van der Waals surface area (Å²) < 4.78 is 18.8. The number of nitrogens with two attached hydrogens (primary N) is 3. The fraction of sp³-hybridized carbons (Fsp3) is 0.188. The molecular formula is C16H19ClFN7O2. The number of anilines is 1. The van der Waals surface area contributed by atoms with Crippen LogP contribution in [0.25, 0.3) is 5.70 Å². The molecule has 0 bridgehead atoms. The second kappa shape index (κ2) is 8.52. The van der Waals surface area contributed by atoms with E-state index in [-0.39, 0.29) is 28.1 Å². The van der Waals surface area contributed by atoms with E-state index in [2.05, 4.69) is 15.3 Å². The van der Waals surface area contributed by atoms with Gasteiger partial charge in [-0.1, -0.05) is 17.7 Å². The minimum Gasteiger partial charge on any atom is -0.441 e. The highest BCUT2D eigenvalue weighted by Gasteiger charge is 2.19. The van der Waals surface area contributed by atoms with Crippen LogP contribution < -0.4 is 22.6 Å². The molecule has 27 heavy (non-hydrogen) atoms. The van der Waals surface area contributed by atoms with Crippen LogP contribution in [0.15, 0.2) is 36.3 Å². The Hall–Kier alpha value is -3.11. The van der Waals surface area contributed by atoms with Crippen molar-refractivity contribution in [3.05, 3.63) is 58.6 Å². The molecule has 2 aromatic rings. The fourth-order valence-electron chi connectivity index (χ4n) is 2.11. The van der Waals surface area contributed by atoms with Crippen molar-refractivity contribution in [2.24, 2.45) is 11.6 Å². The van der Waals surface area contributed by atoms with Gasteiger partial charge in [-0.15, -0.1) is 0 Å². The standard InChI is InChI=1S/C16H19ClFN7O2/c1-8(9-4-3-7-22-13(9)17)27-16(26)24-15(25(2)21)12(20)11-6-5-10(19)14(18)23-11/h3-8H,19-21H2,1-2H3,(H,24,26)/b15-12-. The van der Waals surface area contributed by atoms with Crippen LogP contribution in [0.2, 0.25) is 5.15 Å². The van der Waals surface area contributed by atoms with Crippen LogP contribution in [0.4, 0.5) is 14.9 Å². The van der Waals surface area contributed by atoms with Crippen LogP contribution in [-0.2, 0) is 4.74 Å². The monoisotopic (exact) mass is 395 g/mol. The normalized spacial score (nSPS) is 12.8. The number of aromatic nitrogens is 2. The SMILES string of the molecule is CC(OC(=O)N/C(=C(/N)c1ccc(N)c(F)n1)N(C)N)c1cccnc1Cl. The number of hydrogen-bond donors (Lipinski definition) is 4. The number of amides is 1. The molecule has 1 amide bonds. The number of hydrazine groups is 1. The number of halogens is 2. The van der Waals surface area contributed by atoms with E-state index < -0.39 is 18.1 Å². The third-order valence-electron chi connectivity index (χ3n) is 3.49. The predicted octanol–water partition coefficient (Wildman–Crippen LogP) is 1.73. The zero-order valence-electron chi connectivity index (χ0n) is 14.6. The fourth-order valence-corrected chi connectivity index (χ4v) is 2.39. The summed E-state index contributed by atoms with van der Waals surface area (Å²) in [6, 6.07) is 6.03. The number of ether oxygens (including phenoxy) is 1. The summed E-state index contributed by atoms with van der Waals surface area (Å²) in [6.45, 7) is 1.62. The van der Waals surface area contributed by atoms with E-state index in [1.807, 2.05) is 0 Å². The van der Waals surface area contributed by atoms with E-state index in [4.69, 9.17) is 33.6 Å². The molecule has 1 atom stereocenters. The molecule has 0 spiro atoms. The summed E-state index contributed by atoms with van der Waals surface area (Å²) in [5, 5.41) is 3.66. The third kappa shape index (κ3) is 4.96. The molecule has 0 saturated carbocycles. The van der Waals surface area contributed by atoms with Crippen molar-refractivity contribution in [3.8, 4) is 0 Å². The topological polar surface area (TPSA) is 145 Å². The van der Waals surface area contributed by atoms with Gasteiger partial charge in [0.15, 0.2) is 5.82 Å². The first-order chi connectivity index (χ1) is 12.7. The maximum atomic E-state index is 13.6. The van der Waals surface area contributed by atoms with Gasteiger partial charge in [-0.2, -0.15) is 4.39 Å². The van der Waals surface area contributed by atoms with Crippen LogP contribution in [0.3, 0.4) is 0 Å². The first-order valence-electron chi connectivity index (χ1n) is 7.69. The smallest absolute Gasteiger partial charge is 0.413 e. The molecule has 7 N–H and O–H groups in total. The molecule has 0 aliphatic carbocycles. The largest absolute Gasteiger partial charge is 0.441 e. The molecule has 1 unspecified atom stereocenters. The first kappa shape index (κ1) is 20.2. The zero-order chi connectivity index (χ0) is 20.1. The van der Waals surface area contributed by atoms with Crippen LogP contribution in [0.1, 0.15) is 24.3 Å². The van der Waals surface area contributed by atoms with Gasteiger partial charge in [0.05, 0.1) is 11.4 Å². The Bertz CT molecular complexity index is 876. The second-order valence-corrected chi connectivity index (χ2v) is 5.86. The van der Waals surface area contributed by atoms with Crippen molar-refractivity contribution in [3.63, 3.8) is 0 Å². The van der Waals surface area contributed by atoms with Crippen LogP contribution >= 0.6 is 11.6 Å². The van der Waals surface area contributed by atoms with Crippen molar-refractivity contribution in [2.75, 3.05) is 12.8 Å². The van der Waals surface area contributed by atoms with Crippen LogP contribution in [0.5, 0.6) is 0 Å². The van der Waals surface area contributed by atoms with Gasteiger partial charge in [0, 0.05) is 18.8 Å². The van der Waals surface area contributed by atoms with Gasteiger partial charge in [-0.3, -0.25) is 10.3 Å². The number of alkyl carbamates (subject to hydrolysis) is 1. The average molecular weight is 396 g/mol. The molecule has 0 fully saturated rings. The highest BCUT2D eigenvalue weighted by Crippen LogP contribution is 2.23. The molecule has 144 valence electrons. The van der Waals surface area contributed by atoms with E-state index in [1.165, 1.54) is 25.4 Å². The molecule has 0 radical (unpaired) electrons. The lowest BCUT2D eigenvalue weighted by Crippen LogP contribution is -2.39. The Morgan fingerprint density at radius 1 is 1.41 bits per heavy atom. The Balaban J connectivity index is 2.21. The maximum Gasteiger partial charge on any atom is 0.413 e. The summed E-state index contributed by atoms with van der Waals surface area (Å²) in [5.74, 6) is 4.77. The number of hydrogen-bond acceptors (Lipinski definition) is 8. The van der Waals surface area contributed by atoms with E-state index >= 15 is 0 Å². The van der Waals surface area contributed by atoms with Gasteiger partial charge in [-0.05, 0) is 25.1 Å². The number of nitrogens with one attached hydrogen (secondary N) is 1. The molecule has 2 aromatic heterocycles. The number of carbonyl (C=O) groups is 1. The number of nitrogen functional groups attached to an aromatic ring is 1. The lowest BCUT2D eigenvalue weighted by atomic mass is 10.2. The molecule has 9 nitrogen and oxygen atoms in total. The maximum absolute atomic E-state index is 13.6. The van der Waals surface area contributed by atoms with Crippen LogP contribution in [0, 0.1) is 5.95 Å². The molecule has 0 aromatic carbocycles. The van der Waals surface area contributed by atoms with Crippen molar-refractivity contribution in [1.29, 1.82) is 0 Å². The summed E-state index contributed by atoms with van der Waals surface area (Å²) in [7, 11) is 1.43. The van der Waals surface area contributed by atoms with Gasteiger partial charge in [0.25, 0.3) is 0 Å². The van der Waals surface area contributed by atoms with E-state index in [9.17, 15) is 9.18 Å². The molecule has 2 heterocycles. The molecule has 0 saturated heterocycles. The lowest BCUT2D eigenvalue weighted by Gasteiger charge is -2.21. The van der Waals surface area contributed by atoms with E-state index in [1.54, 1.807) is 19.1 Å². The second-order valence-electron chi connectivity index (χ2n) is 5.51. The van der Waals surface area contributed by atoms with Crippen molar-refractivity contribution < 1.29 is 13.9 Å². The Labute approximate surface area is 159 Å². The number of pyridine rings is 2. The third-order valence-corrected chi connectivity index (χ3v) is 3.81. The molecule has 0 aliphatic heterocycles.